The van der Waals surface area contributed by atoms with Crippen LogP contribution < -0.4 is 5.32 Å². The molecular weight excluding hydrogens is 324 g/mol. The number of benzene rings is 2. The van der Waals surface area contributed by atoms with Crippen LogP contribution >= 0.6 is 0 Å². The highest BCUT2D eigenvalue weighted by atomic mass is 16.2. The van der Waals surface area contributed by atoms with E-state index in [-0.39, 0.29) is 12.3 Å². The Bertz CT molecular complexity index is 1090. The van der Waals surface area contributed by atoms with Crippen molar-refractivity contribution in [3.8, 4) is 12.1 Å². The van der Waals surface area contributed by atoms with Crippen molar-refractivity contribution < 1.29 is 4.79 Å². The Kier molecular flexibility index (Phi) is 3.64. The molecule has 1 aliphatic heterocycles. The van der Waals surface area contributed by atoms with E-state index in [0.717, 1.165) is 10.9 Å². The Balaban J connectivity index is 1.88. The standard InChI is InChI=1S/C21H14N4O/c22-12-15(13-23)21(17-6-2-4-8-19(17)25-20(21)26)11-16-10-9-14-5-1-3-7-18(14)24-16/h1-10,15H,11H2,(H,25,26). The van der Waals surface area contributed by atoms with Crippen LogP contribution in [0.1, 0.15) is 11.3 Å². The maximum Gasteiger partial charge on any atom is 0.237 e. The molecule has 1 atom stereocenters. The van der Waals surface area contributed by atoms with Crippen molar-refractivity contribution >= 4 is 22.5 Å². The van der Waals surface area contributed by atoms with E-state index in [0.29, 0.717) is 16.9 Å². The molecule has 0 bridgehead atoms. The number of hydrogen-bond acceptors (Lipinski definition) is 4. The average molecular weight is 338 g/mol. The summed E-state index contributed by atoms with van der Waals surface area (Å²) in [5.41, 5.74) is 1.54. The molecule has 1 aromatic heterocycles. The van der Waals surface area contributed by atoms with Gasteiger partial charge in [0.05, 0.1) is 17.7 Å². The number of aromatic nitrogens is 1. The summed E-state index contributed by atoms with van der Waals surface area (Å²) in [5.74, 6) is -1.44. The van der Waals surface area contributed by atoms with Crippen LogP contribution in [-0.2, 0) is 16.6 Å². The lowest BCUT2D eigenvalue weighted by Crippen LogP contribution is -2.43. The third kappa shape index (κ3) is 2.22. The lowest BCUT2D eigenvalue weighted by molar-refractivity contribution is -0.121. The van der Waals surface area contributed by atoms with Gasteiger partial charge in [-0.15, -0.1) is 0 Å². The van der Waals surface area contributed by atoms with E-state index in [1.807, 2.05) is 60.7 Å². The number of pyridine rings is 1. The summed E-state index contributed by atoms with van der Waals surface area (Å²) < 4.78 is 0. The van der Waals surface area contributed by atoms with Crippen molar-refractivity contribution in [2.45, 2.75) is 11.8 Å². The minimum absolute atomic E-state index is 0.187. The zero-order chi connectivity index (χ0) is 18.1. The largest absolute Gasteiger partial charge is 0.325 e. The topological polar surface area (TPSA) is 89.6 Å². The maximum absolute atomic E-state index is 12.9. The molecule has 5 nitrogen and oxygen atoms in total. The third-order valence-electron chi connectivity index (χ3n) is 4.93. The van der Waals surface area contributed by atoms with Crippen molar-refractivity contribution in [1.29, 1.82) is 10.5 Å². The van der Waals surface area contributed by atoms with Gasteiger partial charge in [-0.1, -0.05) is 42.5 Å². The quantitative estimate of drug-likeness (QED) is 0.793. The van der Waals surface area contributed by atoms with Gasteiger partial charge in [0.1, 0.15) is 5.41 Å². The number of carbonyl (C=O) groups excluding carboxylic acids is 1. The summed E-state index contributed by atoms with van der Waals surface area (Å²) in [6, 6.07) is 22.7. The number of nitrogens with one attached hydrogen (secondary N) is 1. The van der Waals surface area contributed by atoms with Gasteiger partial charge in [-0.25, -0.2) is 0 Å². The Hall–Kier alpha value is -3.70. The lowest BCUT2D eigenvalue weighted by Gasteiger charge is -2.28. The Labute approximate surface area is 150 Å². The van der Waals surface area contributed by atoms with Crippen molar-refractivity contribution in [3.05, 3.63) is 71.9 Å². The van der Waals surface area contributed by atoms with Gasteiger partial charge in [-0.3, -0.25) is 9.78 Å². The van der Waals surface area contributed by atoms with Gasteiger partial charge in [0.25, 0.3) is 0 Å². The van der Waals surface area contributed by atoms with Crippen LogP contribution in [0, 0.1) is 28.6 Å². The molecule has 1 amide bonds. The second-order valence-corrected chi connectivity index (χ2v) is 6.33. The zero-order valence-corrected chi connectivity index (χ0v) is 13.8. The van der Waals surface area contributed by atoms with Crippen LogP contribution in [0.15, 0.2) is 60.7 Å². The molecule has 3 aromatic rings. The first-order valence-corrected chi connectivity index (χ1v) is 8.24. The Morgan fingerprint density at radius 3 is 2.54 bits per heavy atom. The van der Waals surface area contributed by atoms with Crippen LogP contribution in [0.25, 0.3) is 10.9 Å². The van der Waals surface area contributed by atoms with E-state index >= 15 is 0 Å². The number of hydrogen-bond donors (Lipinski definition) is 1. The van der Waals surface area contributed by atoms with Crippen molar-refractivity contribution in [3.63, 3.8) is 0 Å². The smallest absolute Gasteiger partial charge is 0.237 e. The summed E-state index contributed by atoms with van der Waals surface area (Å²) in [4.78, 5) is 17.6. The Morgan fingerprint density at radius 2 is 1.73 bits per heavy atom. The van der Waals surface area contributed by atoms with E-state index < -0.39 is 11.3 Å². The predicted octanol–water partition coefficient (Wildman–Crippen LogP) is 3.33. The number of nitrogens with zero attached hydrogens (tertiary/aromatic N) is 3. The first-order chi connectivity index (χ1) is 12.7. The van der Waals surface area contributed by atoms with Crippen LogP contribution in [0.2, 0.25) is 0 Å². The van der Waals surface area contributed by atoms with Crippen LogP contribution in [0.4, 0.5) is 5.69 Å². The molecule has 0 fully saturated rings. The monoisotopic (exact) mass is 338 g/mol. The van der Waals surface area contributed by atoms with Crippen LogP contribution in [0.3, 0.4) is 0 Å². The van der Waals surface area contributed by atoms with E-state index in [2.05, 4.69) is 10.3 Å². The molecule has 2 aromatic carbocycles. The second kappa shape index (κ2) is 5.98. The van der Waals surface area contributed by atoms with E-state index in [9.17, 15) is 15.3 Å². The number of rotatable bonds is 3. The zero-order valence-electron chi connectivity index (χ0n) is 13.8. The molecule has 0 aliphatic carbocycles. The predicted molar refractivity (Wildman–Crippen MR) is 96.9 cm³/mol. The van der Waals surface area contributed by atoms with Crippen LogP contribution in [-0.4, -0.2) is 10.9 Å². The van der Waals surface area contributed by atoms with E-state index in [4.69, 9.17) is 0 Å². The molecule has 1 unspecified atom stereocenters. The van der Waals surface area contributed by atoms with Gasteiger partial charge in [0.15, 0.2) is 5.92 Å². The summed E-state index contributed by atoms with van der Waals surface area (Å²) in [5, 5.41) is 23.0. The molecule has 26 heavy (non-hydrogen) atoms. The molecule has 0 saturated carbocycles. The first kappa shape index (κ1) is 15.8. The molecule has 0 saturated heterocycles. The second-order valence-electron chi connectivity index (χ2n) is 6.33. The molecule has 4 rings (SSSR count). The molecule has 2 heterocycles. The SMILES string of the molecule is N#CC(C#N)C1(Cc2ccc3ccccc3n2)C(=O)Nc2ccccc21. The molecule has 124 valence electrons. The number of fused-ring (bicyclic) bond motifs is 2. The number of para-hydroxylation sites is 2. The van der Waals surface area contributed by atoms with Gasteiger partial charge < -0.3 is 5.32 Å². The van der Waals surface area contributed by atoms with Crippen molar-refractivity contribution in [2.75, 3.05) is 5.32 Å². The molecule has 5 heteroatoms. The molecule has 0 radical (unpaired) electrons. The van der Waals surface area contributed by atoms with Gasteiger partial charge in [-0.05, 0) is 23.8 Å². The molecule has 1 N–H and O–H groups in total. The highest BCUT2D eigenvalue weighted by molar-refractivity contribution is 6.07. The van der Waals surface area contributed by atoms with E-state index in [1.54, 1.807) is 12.1 Å². The highest BCUT2D eigenvalue weighted by Gasteiger charge is 2.53. The van der Waals surface area contributed by atoms with Gasteiger partial charge in [0, 0.05) is 23.2 Å². The fourth-order valence-corrected chi connectivity index (χ4v) is 3.64. The number of amides is 1. The summed E-state index contributed by atoms with van der Waals surface area (Å²) in [6.45, 7) is 0. The van der Waals surface area contributed by atoms with Crippen molar-refractivity contribution in [1.82, 2.24) is 4.98 Å². The van der Waals surface area contributed by atoms with Crippen LogP contribution in [0.5, 0.6) is 0 Å². The van der Waals surface area contributed by atoms with E-state index in [1.165, 1.54) is 0 Å². The molecule has 0 spiro atoms. The van der Waals surface area contributed by atoms with Gasteiger partial charge >= 0.3 is 0 Å². The summed E-state index contributed by atoms with van der Waals surface area (Å²) >= 11 is 0. The van der Waals surface area contributed by atoms with Gasteiger partial charge in [-0.2, -0.15) is 10.5 Å². The molecular formula is C21H14N4O. The number of anilines is 1. The highest BCUT2D eigenvalue weighted by Crippen LogP contribution is 2.45. The molecule has 1 aliphatic rings. The summed E-state index contributed by atoms with van der Waals surface area (Å²) in [7, 11) is 0. The van der Waals surface area contributed by atoms with Crippen molar-refractivity contribution in [2.24, 2.45) is 5.92 Å². The number of carbonyl (C=O) groups is 1. The maximum atomic E-state index is 12.9. The first-order valence-electron chi connectivity index (χ1n) is 8.24. The summed E-state index contributed by atoms with van der Waals surface area (Å²) in [6.07, 6.45) is 0.187. The number of nitriles is 2. The average Bonchev–Trinajstić information content (AvgIpc) is 2.95. The third-order valence-corrected chi connectivity index (χ3v) is 4.93. The Morgan fingerprint density at radius 1 is 1.00 bits per heavy atom. The normalized spacial score (nSPS) is 18.2. The van der Waals surface area contributed by atoms with Gasteiger partial charge in [0.2, 0.25) is 5.91 Å². The minimum Gasteiger partial charge on any atom is -0.325 e. The lowest BCUT2D eigenvalue weighted by atomic mass is 9.69. The fourth-order valence-electron chi connectivity index (χ4n) is 3.64. The minimum atomic E-state index is -1.27. The fraction of sp³-hybridized carbons (Fsp3) is 0.143.